The molecule has 1 amide bonds. The van der Waals surface area contributed by atoms with Crippen molar-refractivity contribution in [2.75, 3.05) is 14.2 Å². The molecule has 4 rings (SSSR count). The number of H-pyrrole nitrogens is 1. The van der Waals surface area contributed by atoms with E-state index < -0.39 is 0 Å². The zero-order chi connectivity index (χ0) is 25.1. The SMILES string of the molecule is COc1ccc(C(=O)N(Cc2ccc(C)cc2)Cc2cc3c(C)ccc(C)c3[nH]c2=O)cc1OC. The van der Waals surface area contributed by atoms with E-state index in [0.29, 0.717) is 29.2 Å². The number of hydrogen-bond acceptors (Lipinski definition) is 4. The minimum atomic E-state index is -0.202. The number of carbonyl (C=O) groups is 1. The lowest BCUT2D eigenvalue weighted by Gasteiger charge is -2.24. The van der Waals surface area contributed by atoms with E-state index in [9.17, 15) is 9.59 Å². The molecule has 0 saturated heterocycles. The minimum absolute atomic E-state index is 0.166. The highest BCUT2D eigenvalue weighted by molar-refractivity contribution is 5.95. The molecule has 4 aromatic rings. The van der Waals surface area contributed by atoms with E-state index >= 15 is 0 Å². The van der Waals surface area contributed by atoms with Crippen LogP contribution in [0.25, 0.3) is 10.9 Å². The summed E-state index contributed by atoms with van der Waals surface area (Å²) in [6, 6.07) is 19.1. The zero-order valence-electron chi connectivity index (χ0n) is 20.8. The first-order chi connectivity index (χ1) is 16.8. The van der Waals surface area contributed by atoms with Gasteiger partial charge in [0.05, 0.1) is 26.3 Å². The number of methoxy groups -OCH3 is 2. The fraction of sp³-hybridized carbons (Fsp3) is 0.241. The van der Waals surface area contributed by atoms with Crippen LogP contribution in [0.1, 0.15) is 38.2 Å². The molecule has 1 aromatic heterocycles. The predicted molar refractivity (Wildman–Crippen MR) is 138 cm³/mol. The number of nitrogens with one attached hydrogen (secondary N) is 1. The Labute approximate surface area is 205 Å². The highest BCUT2D eigenvalue weighted by atomic mass is 16.5. The van der Waals surface area contributed by atoms with Gasteiger partial charge in [0.2, 0.25) is 0 Å². The van der Waals surface area contributed by atoms with Gasteiger partial charge in [0.1, 0.15) is 0 Å². The number of ether oxygens (including phenoxy) is 2. The molecule has 6 heteroatoms. The summed E-state index contributed by atoms with van der Waals surface area (Å²) in [5.74, 6) is 0.821. The Kier molecular flexibility index (Phi) is 6.92. The molecule has 0 saturated carbocycles. The molecule has 0 fully saturated rings. The second-order valence-electron chi connectivity index (χ2n) is 8.83. The van der Waals surface area contributed by atoms with Crippen molar-refractivity contribution in [2.24, 2.45) is 0 Å². The lowest BCUT2D eigenvalue weighted by molar-refractivity contribution is 0.0729. The van der Waals surface area contributed by atoms with Crippen molar-refractivity contribution in [3.8, 4) is 11.5 Å². The fourth-order valence-corrected chi connectivity index (χ4v) is 4.21. The van der Waals surface area contributed by atoms with Crippen LogP contribution in [0.4, 0.5) is 0 Å². The van der Waals surface area contributed by atoms with Gasteiger partial charge in [-0.05, 0) is 61.7 Å². The van der Waals surface area contributed by atoms with Crippen molar-refractivity contribution in [2.45, 2.75) is 33.9 Å². The normalized spacial score (nSPS) is 10.9. The number of nitrogens with zero attached hydrogens (tertiary/aromatic N) is 1. The Hall–Kier alpha value is -4.06. The van der Waals surface area contributed by atoms with Gasteiger partial charge in [-0.25, -0.2) is 0 Å². The number of fused-ring (bicyclic) bond motifs is 1. The molecule has 0 spiro atoms. The van der Waals surface area contributed by atoms with E-state index in [-0.39, 0.29) is 18.0 Å². The van der Waals surface area contributed by atoms with Gasteiger partial charge in [-0.1, -0.05) is 42.0 Å². The Morgan fingerprint density at radius 1 is 0.829 bits per heavy atom. The summed E-state index contributed by atoms with van der Waals surface area (Å²) in [4.78, 5) is 31.5. The molecule has 0 aliphatic heterocycles. The van der Waals surface area contributed by atoms with Crippen molar-refractivity contribution in [1.82, 2.24) is 9.88 Å². The Morgan fingerprint density at radius 3 is 2.20 bits per heavy atom. The number of carbonyl (C=O) groups excluding carboxylic acids is 1. The van der Waals surface area contributed by atoms with Crippen molar-refractivity contribution in [3.63, 3.8) is 0 Å². The van der Waals surface area contributed by atoms with Crippen LogP contribution in [-0.2, 0) is 13.1 Å². The standard InChI is InChI=1S/C29H30N2O4/c1-18-6-10-21(11-7-18)16-31(29(33)22-12-13-25(34-4)26(15-22)35-5)17-23-14-24-19(2)8-9-20(3)27(24)30-28(23)32/h6-15H,16-17H2,1-5H3,(H,30,32). The van der Waals surface area contributed by atoms with Gasteiger partial charge in [-0.3, -0.25) is 9.59 Å². The smallest absolute Gasteiger partial charge is 0.254 e. The maximum atomic E-state index is 13.7. The molecule has 6 nitrogen and oxygen atoms in total. The Morgan fingerprint density at radius 2 is 1.51 bits per heavy atom. The van der Waals surface area contributed by atoms with E-state index in [1.54, 1.807) is 30.2 Å². The van der Waals surface area contributed by atoms with E-state index in [2.05, 4.69) is 4.98 Å². The molecule has 0 atom stereocenters. The maximum absolute atomic E-state index is 13.7. The number of aryl methyl sites for hydroxylation is 3. The van der Waals surface area contributed by atoms with Gasteiger partial charge in [0.15, 0.2) is 11.5 Å². The lowest BCUT2D eigenvalue weighted by atomic mass is 10.0. The monoisotopic (exact) mass is 470 g/mol. The van der Waals surface area contributed by atoms with Gasteiger partial charge in [0.25, 0.3) is 11.5 Å². The molecule has 1 N–H and O–H groups in total. The number of benzene rings is 3. The average molecular weight is 471 g/mol. The minimum Gasteiger partial charge on any atom is -0.493 e. The van der Waals surface area contributed by atoms with E-state index in [1.807, 2.05) is 63.2 Å². The highest BCUT2D eigenvalue weighted by Crippen LogP contribution is 2.29. The number of hydrogen-bond donors (Lipinski definition) is 1. The van der Waals surface area contributed by atoms with Crippen LogP contribution < -0.4 is 15.0 Å². The summed E-state index contributed by atoms with van der Waals surface area (Å²) in [7, 11) is 3.09. The molecule has 0 unspecified atom stereocenters. The number of rotatable bonds is 7. The average Bonchev–Trinajstić information content (AvgIpc) is 2.87. The first kappa shape index (κ1) is 24.1. The van der Waals surface area contributed by atoms with Crippen molar-refractivity contribution < 1.29 is 14.3 Å². The van der Waals surface area contributed by atoms with Crippen molar-refractivity contribution >= 4 is 16.8 Å². The topological polar surface area (TPSA) is 71.6 Å². The first-order valence-electron chi connectivity index (χ1n) is 11.5. The molecule has 180 valence electrons. The second-order valence-corrected chi connectivity index (χ2v) is 8.83. The zero-order valence-corrected chi connectivity index (χ0v) is 20.8. The molecule has 0 bridgehead atoms. The summed E-state index contributed by atoms with van der Waals surface area (Å²) < 4.78 is 10.7. The van der Waals surface area contributed by atoms with Gasteiger partial charge < -0.3 is 19.4 Å². The van der Waals surface area contributed by atoms with Gasteiger partial charge >= 0.3 is 0 Å². The van der Waals surface area contributed by atoms with Gasteiger partial charge in [-0.15, -0.1) is 0 Å². The van der Waals surface area contributed by atoms with Gasteiger partial charge in [-0.2, -0.15) is 0 Å². The van der Waals surface area contributed by atoms with E-state index in [0.717, 1.165) is 33.2 Å². The summed E-state index contributed by atoms with van der Waals surface area (Å²) >= 11 is 0. The fourth-order valence-electron chi connectivity index (χ4n) is 4.21. The van der Waals surface area contributed by atoms with Gasteiger partial charge in [0, 0.05) is 23.1 Å². The maximum Gasteiger partial charge on any atom is 0.254 e. The molecular formula is C29H30N2O4. The third-order valence-electron chi connectivity index (χ3n) is 6.29. The van der Waals surface area contributed by atoms with E-state index in [4.69, 9.17) is 9.47 Å². The summed E-state index contributed by atoms with van der Waals surface area (Å²) in [6.07, 6.45) is 0. The molecule has 35 heavy (non-hydrogen) atoms. The predicted octanol–water partition coefficient (Wildman–Crippen LogP) is 5.31. The van der Waals surface area contributed by atoms with Crippen LogP contribution in [0.2, 0.25) is 0 Å². The van der Waals surface area contributed by atoms with Crippen LogP contribution >= 0.6 is 0 Å². The van der Waals surface area contributed by atoms with Crippen LogP contribution in [0.5, 0.6) is 11.5 Å². The molecular weight excluding hydrogens is 440 g/mol. The van der Waals surface area contributed by atoms with Crippen LogP contribution in [0, 0.1) is 20.8 Å². The number of amides is 1. The summed E-state index contributed by atoms with van der Waals surface area (Å²) in [5.41, 5.74) is 5.82. The van der Waals surface area contributed by atoms with Crippen molar-refractivity contribution in [1.29, 1.82) is 0 Å². The number of aromatic nitrogens is 1. The third kappa shape index (κ3) is 5.06. The quantitative estimate of drug-likeness (QED) is 0.397. The molecule has 0 aliphatic rings. The van der Waals surface area contributed by atoms with Crippen LogP contribution in [0.3, 0.4) is 0 Å². The molecule has 0 aliphatic carbocycles. The summed E-state index contributed by atoms with van der Waals surface area (Å²) in [6.45, 7) is 6.54. The first-order valence-corrected chi connectivity index (χ1v) is 11.5. The Balaban J connectivity index is 1.76. The highest BCUT2D eigenvalue weighted by Gasteiger charge is 2.20. The Bertz CT molecular complexity index is 1440. The van der Waals surface area contributed by atoms with Crippen LogP contribution in [0.15, 0.2) is 65.5 Å². The summed E-state index contributed by atoms with van der Waals surface area (Å²) in [5, 5.41) is 0.980. The largest absolute Gasteiger partial charge is 0.493 e. The molecule has 1 heterocycles. The number of aromatic amines is 1. The van der Waals surface area contributed by atoms with Crippen LogP contribution in [-0.4, -0.2) is 30.0 Å². The lowest BCUT2D eigenvalue weighted by Crippen LogP contribution is -2.32. The van der Waals surface area contributed by atoms with E-state index in [1.165, 1.54) is 7.11 Å². The second kappa shape index (κ2) is 10.1. The number of pyridine rings is 1. The third-order valence-corrected chi connectivity index (χ3v) is 6.29. The van der Waals surface area contributed by atoms with Crippen molar-refractivity contribution in [3.05, 3.63) is 104 Å². The molecule has 3 aromatic carbocycles. The molecule has 0 radical (unpaired) electrons.